The molecule has 1 atom stereocenters. The molecule has 6 heteroatoms. The highest BCUT2D eigenvalue weighted by Crippen LogP contribution is 2.27. The second-order valence-electron chi connectivity index (χ2n) is 7.43. The normalized spacial score (nSPS) is 16.9. The summed E-state index contributed by atoms with van der Waals surface area (Å²) in [5, 5.41) is 3.99. The van der Waals surface area contributed by atoms with Gasteiger partial charge in [-0.3, -0.25) is 9.69 Å². The van der Waals surface area contributed by atoms with Gasteiger partial charge in [-0.05, 0) is 50.9 Å². The molecule has 1 amide bonds. The number of aromatic nitrogens is 2. The van der Waals surface area contributed by atoms with Gasteiger partial charge in [-0.25, -0.2) is 0 Å². The maximum Gasteiger partial charge on any atom is 0.244 e. The number of likely N-dealkylation sites (N-methyl/N-ethyl adjacent to an activating group) is 1. The summed E-state index contributed by atoms with van der Waals surface area (Å²) < 4.78 is 5.05. The zero-order valence-electron chi connectivity index (χ0n) is 16.1. The lowest BCUT2D eigenvalue weighted by atomic mass is 9.92. The summed E-state index contributed by atoms with van der Waals surface area (Å²) in [4.78, 5) is 21.5. The Morgan fingerprint density at radius 3 is 2.54 bits per heavy atom. The predicted octanol–water partition coefficient (Wildman–Crippen LogP) is 2.77. The van der Waals surface area contributed by atoms with Crippen LogP contribution < -0.4 is 0 Å². The average Bonchev–Trinajstić information content (AvgIpc) is 3.02. The summed E-state index contributed by atoms with van der Waals surface area (Å²) in [6.45, 7) is 5.45. The minimum absolute atomic E-state index is 0.193. The third kappa shape index (κ3) is 4.12. The number of hydrogen-bond acceptors (Lipinski definition) is 5. The van der Waals surface area contributed by atoms with Crippen molar-refractivity contribution in [1.82, 2.24) is 19.9 Å². The fraction of sp³-hybridized carbons (Fsp3) is 0.550. The predicted molar refractivity (Wildman–Crippen MR) is 99.7 cm³/mol. The van der Waals surface area contributed by atoms with Crippen molar-refractivity contribution in [1.29, 1.82) is 0 Å². The Bertz CT molecular complexity index is 748. The van der Waals surface area contributed by atoms with Crippen LogP contribution in [0.3, 0.4) is 0 Å². The number of likely N-dealkylation sites (tertiary alicyclic amines) is 1. The van der Waals surface area contributed by atoms with E-state index in [1.807, 2.05) is 43.0 Å². The molecule has 0 bridgehead atoms. The Kier molecular flexibility index (Phi) is 5.71. The van der Waals surface area contributed by atoms with E-state index in [1.165, 1.54) is 0 Å². The van der Waals surface area contributed by atoms with E-state index in [9.17, 15) is 4.79 Å². The molecule has 2 aromatic rings. The lowest BCUT2D eigenvalue weighted by Gasteiger charge is -2.36. The Balaban J connectivity index is 1.64. The Morgan fingerprint density at radius 2 is 1.96 bits per heavy atom. The number of rotatable bonds is 5. The number of hydrogen-bond donors (Lipinski definition) is 0. The fourth-order valence-corrected chi connectivity index (χ4v) is 3.74. The van der Waals surface area contributed by atoms with Crippen molar-refractivity contribution in [3.05, 3.63) is 47.1 Å². The van der Waals surface area contributed by atoms with Crippen molar-refractivity contribution < 1.29 is 9.32 Å². The molecular weight excluding hydrogens is 328 g/mol. The molecule has 1 aliphatic heterocycles. The van der Waals surface area contributed by atoms with Gasteiger partial charge in [-0.15, -0.1) is 0 Å². The summed E-state index contributed by atoms with van der Waals surface area (Å²) in [7, 11) is 3.95. The Labute approximate surface area is 155 Å². The first-order valence-electron chi connectivity index (χ1n) is 9.25. The summed E-state index contributed by atoms with van der Waals surface area (Å²) >= 11 is 0. The highest BCUT2D eigenvalue weighted by molar-refractivity contribution is 5.83. The van der Waals surface area contributed by atoms with Crippen LogP contribution in [0.1, 0.15) is 41.7 Å². The molecule has 1 aromatic heterocycles. The molecule has 0 unspecified atom stereocenters. The van der Waals surface area contributed by atoms with Crippen molar-refractivity contribution in [2.24, 2.45) is 5.92 Å². The standard InChI is InChI=1S/C20H28N4O2/c1-14-7-5-6-8-17(14)19(23(3)4)20(25)24-11-9-16(10-12-24)13-18-21-15(2)26-22-18/h5-8,16,19H,9-13H2,1-4H3/t19-/m1/s1. The van der Waals surface area contributed by atoms with Gasteiger partial charge in [0.15, 0.2) is 5.82 Å². The van der Waals surface area contributed by atoms with Gasteiger partial charge < -0.3 is 9.42 Å². The van der Waals surface area contributed by atoms with Crippen LogP contribution >= 0.6 is 0 Å². The first-order chi connectivity index (χ1) is 12.5. The molecule has 0 N–H and O–H groups in total. The second kappa shape index (κ2) is 7.99. The molecule has 0 saturated carbocycles. The molecule has 1 aromatic carbocycles. The zero-order chi connectivity index (χ0) is 18.7. The van der Waals surface area contributed by atoms with Crippen molar-refractivity contribution in [2.45, 2.75) is 39.2 Å². The fourth-order valence-electron chi connectivity index (χ4n) is 3.74. The number of piperidine rings is 1. The highest BCUT2D eigenvalue weighted by Gasteiger charge is 2.31. The van der Waals surface area contributed by atoms with Gasteiger partial charge in [0.25, 0.3) is 0 Å². The van der Waals surface area contributed by atoms with Crippen LogP contribution in [0.25, 0.3) is 0 Å². The topological polar surface area (TPSA) is 62.5 Å². The van der Waals surface area contributed by atoms with Gasteiger partial charge in [0.1, 0.15) is 6.04 Å². The Morgan fingerprint density at radius 1 is 1.27 bits per heavy atom. The average molecular weight is 356 g/mol. The molecule has 6 nitrogen and oxygen atoms in total. The van der Waals surface area contributed by atoms with Crippen molar-refractivity contribution in [3.8, 4) is 0 Å². The van der Waals surface area contributed by atoms with Gasteiger partial charge in [0.2, 0.25) is 11.8 Å². The van der Waals surface area contributed by atoms with Gasteiger partial charge in [0, 0.05) is 26.4 Å². The van der Waals surface area contributed by atoms with E-state index in [0.717, 1.165) is 49.3 Å². The number of carbonyl (C=O) groups is 1. The quantitative estimate of drug-likeness (QED) is 0.824. The third-order valence-corrected chi connectivity index (χ3v) is 5.20. The van der Waals surface area contributed by atoms with Crippen molar-refractivity contribution in [2.75, 3.05) is 27.2 Å². The molecule has 0 radical (unpaired) electrons. The minimum Gasteiger partial charge on any atom is -0.341 e. The van der Waals surface area contributed by atoms with E-state index in [-0.39, 0.29) is 11.9 Å². The van der Waals surface area contributed by atoms with Crippen LogP contribution in [0.15, 0.2) is 28.8 Å². The lowest BCUT2D eigenvalue weighted by Crippen LogP contribution is -2.45. The summed E-state index contributed by atoms with van der Waals surface area (Å²) in [5.74, 6) is 2.09. The van der Waals surface area contributed by atoms with Gasteiger partial charge in [-0.2, -0.15) is 4.98 Å². The number of nitrogens with zero attached hydrogens (tertiary/aromatic N) is 4. The maximum atomic E-state index is 13.2. The summed E-state index contributed by atoms with van der Waals surface area (Å²) in [6.07, 6.45) is 2.79. The molecule has 1 fully saturated rings. The number of benzene rings is 1. The molecular formula is C20H28N4O2. The zero-order valence-corrected chi connectivity index (χ0v) is 16.1. The molecule has 1 aliphatic rings. The lowest BCUT2D eigenvalue weighted by molar-refractivity contribution is -0.137. The number of amides is 1. The van der Waals surface area contributed by atoms with Crippen molar-refractivity contribution >= 4 is 5.91 Å². The Hall–Kier alpha value is -2.21. The van der Waals surface area contributed by atoms with Gasteiger partial charge in [0.05, 0.1) is 0 Å². The first kappa shape index (κ1) is 18.6. The highest BCUT2D eigenvalue weighted by atomic mass is 16.5. The van der Waals surface area contributed by atoms with Crippen LogP contribution in [0.4, 0.5) is 0 Å². The van der Waals surface area contributed by atoms with Gasteiger partial charge >= 0.3 is 0 Å². The summed E-state index contributed by atoms with van der Waals surface area (Å²) in [5.41, 5.74) is 2.24. The monoisotopic (exact) mass is 356 g/mol. The van der Waals surface area contributed by atoms with E-state index in [0.29, 0.717) is 11.8 Å². The molecule has 1 saturated heterocycles. The number of carbonyl (C=O) groups excluding carboxylic acids is 1. The van der Waals surface area contributed by atoms with E-state index >= 15 is 0 Å². The van der Waals surface area contributed by atoms with Crippen LogP contribution in [-0.2, 0) is 11.2 Å². The minimum atomic E-state index is -0.229. The van der Waals surface area contributed by atoms with Crippen LogP contribution in [0.5, 0.6) is 0 Å². The maximum absolute atomic E-state index is 13.2. The van der Waals surface area contributed by atoms with Crippen LogP contribution in [0, 0.1) is 19.8 Å². The largest absolute Gasteiger partial charge is 0.341 e. The van der Waals surface area contributed by atoms with Gasteiger partial charge in [-0.1, -0.05) is 29.4 Å². The first-order valence-corrected chi connectivity index (χ1v) is 9.25. The molecule has 3 rings (SSSR count). The summed E-state index contributed by atoms with van der Waals surface area (Å²) in [6, 6.07) is 7.92. The number of aryl methyl sites for hydroxylation is 2. The third-order valence-electron chi connectivity index (χ3n) is 5.20. The van der Waals surface area contributed by atoms with E-state index < -0.39 is 0 Å². The molecule has 2 heterocycles. The SMILES string of the molecule is Cc1nc(CC2CCN(C(=O)[C@@H](c3ccccc3C)N(C)C)CC2)no1. The van der Waals surface area contributed by atoms with E-state index in [4.69, 9.17) is 4.52 Å². The second-order valence-corrected chi connectivity index (χ2v) is 7.43. The molecule has 140 valence electrons. The smallest absolute Gasteiger partial charge is 0.244 e. The molecule has 26 heavy (non-hydrogen) atoms. The van der Waals surface area contributed by atoms with E-state index in [1.54, 1.807) is 0 Å². The van der Waals surface area contributed by atoms with Crippen LogP contribution in [-0.4, -0.2) is 53.0 Å². The molecule has 0 spiro atoms. The van der Waals surface area contributed by atoms with Crippen LogP contribution in [0.2, 0.25) is 0 Å². The molecule has 0 aliphatic carbocycles. The van der Waals surface area contributed by atoms with Crippen molar-refractivity contribution in [3.63, 3.8) is 0 Å². The van der Waals surface area contributed by atoms with E-state index in [2.05, 4.69) is 29.2 Å².